The van der Waals surface area contributed by atoms with E-state index in [1.54, 1.807) is 0 Å². The molecule has 1 heterocycles. The molecule has 2 nitrogen and oxygen atoms in total. The average molecular weight is 170 g/mol. The Morgan fingerprint density at radius 1 is 1.58 bits per heavy atom. The van der Waals surface area contributed by atoms with Crippen LogP contribution in [0.4, 0.5) is 0 Å². The first-order valence-corrected chi connectivity index (χ1v) is 4.99. The van der Waals surface area contributed by atoms with E-state index >= 15 is 0 Å². The maximum atomic E-state index is 9.41. The van der Waals surface area contributed by atoms with E-state index in [4.69, 9.17) is 4.74 Å². The van der Waals surface area contributed by atoms with Crippen molar-refractivity contribution in [2.75, 3.05) is 13.2 Å². The van der Waals surface area contributed by atoms with Crippen molar-refractivity contribution in [1.29, 1.82) is 0 Å². The van der Waals surface area contributed by atoms with E-state index in [9.17, 15) is 5.11 Å². The third-order valence-corrected chi connectivity index (χ3v) is 3.71. The lowest BCUT2D eigenvalue weighted by Gasteiger charge is -2.31. The predicted octanol–water partition coefficient (Wildman–Crippen LogP) is 1.57. The Balaban J connectivity index is 2.00. The Hall–Kier alpha value is -0.0800. The summed E-state index contributed by atoms with van der Waals surface area (Å²) in [5, 5.41) is 9.41. The Morgan fingerprint density at radius 3 is 2.75 bits per heavy atom. The van der Waals surface area contributed by atoms with Crippen LogP contribution in [0.15, 0.2) is 0 Å². The van der Waals surface area contributed by atoms with Crippen LogP contribution in [0.25, 0.3) is 0 Å². The molecule has 0 aromatic rings. The van der Waals surface area contributed by atoms with Crippen LogP contribution >= 0.6 is 0 Å². The molecule has 0 amide bonds. The lowest BCUT2D eigenvalue weighted by Crippen LogP contribution is -2.29. The van der Waals surface area contributed by atoms with Crippen molar-refractivity contribution in [2.45, 2.75) is 38.7 Å². The van der Waals surface area contributed by atoms with Gasteiger partial charge in [0, 0.05) is 6.61 Å². The Kier molecular flexibility index (Phi) is 2.13. The Bertz CT molecular complexity index is 165. The molecule has 70 valence electrons. The quantitative estimate of drug-likeness (QED) is 0.652. The molecule has 2 heteroatoms. The second-order valence-corrected chi connectivity index (χ2v) is 4.47. The second-order valence-electron chi connectivity index (χ2n) is 4.47. The van der Waals surface area contributed by atoms with E-state index in [0.717, 1.165) is 13.0 Å². The molecule has 0 aromatic carbocycles. The molecule has 0 spiro atoms. The molecular formula is C10H18O2. The summed E-state index contributed by atoms with van der Waals surface area (Å²) in [6, 6.07) is 0. The van der Waals surface area contributed by atoms with Gasteiger partial charge in [-0.25, -0.2) is 0 Å². The van der Waals surface area contributed by atoms with Crippen LogP contribution in [0.1, 0.15) is 32.6 Å². The van der Waals surface area contributed by atoms with E-state index < -0.39 is 0 Å². The minimum atomic E-state index is 0.209. The van der Waals surface area contributed by atoms with Gasteiger partial charge in [-0.15, -0.1) is 0 Å². The van der Waals surface area contributed by atoms with Gasteiger partial charge in [-0.05, 0) is 24.2 Å². The molecule has 12 heavy (non-hydrogen) atoms. The number of hydrogen-bond acceptors (Lipinski definition) is 2. The van der Waals surface area contributed by atoms with Crippen LogP contribution in [0.3, 0.4) is 0 Å². The van der Waals surface area contributed by atoms with Crippen molar-refractivity contribution in [3.63, 3.8) is 0 Å². The fourth-order valence-corrected chi connectivity index (χ4v) is 2.55. The van der Waals surface area contributed by atoms with Gasteiger partial charge in [0.25, 0.3) is 0 Å². The van der Waals surface area contributed by atoms with Gasteiger partial charge in [-0.3, -0.25) is 0 Å². The van der Waals surface area contributed by atoms with Gasteiger partial charge in [0.05, 0.1) is 12.7 Å². The summed E-state index contributed by atoms with van der Waals surface area (Å²) in [7, 11) is 0. The van der Waals surface area contributed by atoms with Gasteiger partial charge in [0.2, 0.25) is 0 Å². The van der Waals surface area contributed by atoms with Gasteiger partial charge in [-0.2, -0.15) is 0 Å². The summed E-state index contributed by atoms with van der Waals surface area (Å²) in [5.41, 5.74) is 0.209. The number of ether oxygens (including phenoxy) is 1. The molecule has 1 saturated carbocycles. The zero-order valence-corrected chi connectivity index (χ0v) is 7.75. The van der Waals surface area contributed by atoms with Gasteiger partial charge in [0.1, 0.15) is 0 Å². The molecule has 1 saturated heterocycles. The maximum absolute atomic E-state index is 9.41. The van der Waals surface area contributed by atoms with Crippen LogP contribution in [0, 0.1) is 11.3 Å². The summed E-state index contributed by atoms with van der Waals surface area (Å²) in [5.74, 6) is 0.687. The highest BCUT2D eigenvalue weighted by Gasteiger charge is 2.44. The number of rotatable bonds is 3. The summed E-state index contributed by atoms with van der Waals surface area (Å²) >= 11 is 0. The van der Waals surface area contributed by atoms with Crippen molar-refractivity contribution < 1.29 is 9.84 Å². The highest BCUT2D eigenvalue weighted by atomic mass is 16.6. The molecule has 2 rings (SSSR count). The SMILES string of the molecule is CC1CCCC1(CO)CC1CO1. The normalized spacial score (nSPS) is 46.5. The van der Waals surface area contributed by atoms with Crippen LogP contribution < -0.4 is 0 Å². The van der Waals surface area contributed by atoms with Gasteiger partial charge >= 0.3 is 0 Å². The fraction of sp³-hybridized carbons (Fsp3) is 1.00. The first kappa shape index (κ1) is 8.52. The van der Waals surface area contributed by atoms with Crippen LogP contribution in [-0.4, -0.2) is 24.4 Å². The zero-order chi connectivity index (χ0) is 8.60. The summed E-state index contributed by atoms with van der Waals surface area (Å²) in [4.78, 5) is 0. The summed E-state index contributed by atoms with van der Waals surface area (Å²) in [6.45, 7) is 3.55. The van der Waals surface area contributed by atoms with Crippen LogP contribution in [0.2, 0.25) is 0 Å². The summed E-state index contributed by atoms with van der Waals surface area (Å²) < 4.78 is 5.23. The minimum absolute atomic E-state index is 0.209. The lowest BCUT2D eigenvalue weighted by molar-refractivity contribution is 0.0729. The van der Waals surface area contributed by atoms with Crippen LogP contribution in [0.5, 0.6) is 0 Å². The molecule has 3 atom stereocenters. The zero-order valence-electron chi connectivity index (χ0n) is 7.75. The molecule has 1 aliphatic carbocycles. The third-order valence-electron chi connectivity index (χ3n) is 3.71. The number of hydrogen-bond donors (Lipinski definition) is 1. The molecular weight excluding hydrogens is 152 g/mol. The number of aliphatic hydroxyl groups excluding tert-OH is 1. The molecule has 1 N–H and O–H groups in total. The first-order chi connectivity index (χ1) is 5.77. The van der Waals surface area contributed by atoms with E-state index in [0.29, 0.717) is 18.6 Å². The minimum Gasteiger partial charge on any atom is -0.396 e. The molecule has 0 radical (unpaired) electrons. The van der Waals surface area contributed by atoms with Gasteiger partial charge < -0.3 is 9.84 Å². The third kappa shape index (κ3) is 1.38. The molecule has 1 aliphatic heterocycles. The first-order valence-electron chi connectivity index (χ1n) is 4.99. The monoisotopic (exact) mass is 170 g/mol. The average Bonchev–Trinajstić information content (AvgIpc) is 2.79. The predicted molar refractivity (Wildman–Crippen MR) is 46.9 cm³/mol. The molecule has 2 aliphatic rings. The Labute approximate surface area is 73.9 Å². The number of aliphatic hydroxyl groups is 1. The van der Waals surface area contributed by atoms with Gasteiger partial charge in [0.15, 0.2) is 0 Å². The highest BCUT2D eigenvalue weighted by Crippen LogP contribution is 2.47. The lowest BCUT2D eigenvalue weighted by atomic mass is 9.76. The van der Waals surface area contributed by atoms with E-state index in [1.165, 1.54) is 19.3 Å². The van der Waals surface area contributed by atoms with Crippen molar-refractivity contribution in [2.24, 2.45) is 11.3 Å². The molecule has 0 aromatic heterocycles. The summed E-state index contributed by atoms with van der Waals surface area (Å²) in [6.07, 6.45) is 5.33. The van der Waals surface area contributed by atoms with Crippen LogP contribution in [-0.2, 0) is 4.74 Å². The molecule has 0 bridgehead atoms. The topological polar surface area (TPSA) is 32.8 Å². The van der Waals surface area contributed by atoms with Crippen molar-refractivity contribution >= 4 is 0 Å². The molecule has 3 unspecified atom stereocenters. The number of epoxide rings is 1. The van der Waals surface area contributed by atoms with Crippen molar-refractivity contribution in [3.05, 3.63) is 0 Å². The molecule has 2 fully saturated rings. The standard InChI is InChI=1S/C10H18O2/c1-8-3-2-4-10(8,7-11)5-9-6-12-9/h8-9,11H,2-7H2,1H3. The van der Waals surface area contributed by atoms with E-state index in [1.807, 2.05) is 0 Å². The Morgan fingerprint density at radius 2 is 2.33 bits per heavy atom. The second kappa shape index (κ2) is 3.00. The van der Waals surface area contributed by atoms with Crippen molar-refractivity contribution in [1.82, 2.24) is 0 Å². The van der Waals surface area contributed by atoms with E-state index in [2.05, 4.69) is 6.92 Å². The smallest absolute Gasteiger partial charge is 0.0816 e. The maximum Gasteiger partial charge on any atom is 0.0816 e. The highest BCUT2D eigenvalue weighted by molar-refractivity contribution is 4.93. The van der Waals surface area contributed by atoms with E-state index in [-0.39, 0.29) is 5.41 Å². The van der Waals surface area contributed by atoms with Crippen molar-refractivity contribution in [3.8, 4) is 0 Å². The largest absolute Gasteiger partial charge is 0.396 e. The van der Waals surface area contributed by atoms with Gasteiger partial charge in [-0.1, -0.05) is 19.8 Å². The fourth-order valence-electron chi connectivity index (χ4n) is 2.55.